The first-order valence-corrected chi connectivity index (χ1v) is 6.35. The number of piperidine rings is 1. The number of nitrogens with zero attached hydrogens (tertiary/aromatic N) is 1. The molecule has 0 aromatic heterocycles. The van der Waals surface area contributed by atoms with Crippen molar-refractivity contribution in [2.75, 3.05) is 18.4 Å². The third kappa shape index (κ3) is 3.46. The molecule has 0 radical (unpaired) electrons. The molecule has 1 saturated heterocycles. The summed E-state index contributed by atoms with van der Waals surface area (Å²) in [5.41, 5.74) is -1.12. The number of carboxylic acid groups (broad SMARTS) is 1. The molecule has 0 aliphatic carbocycles. The minimum Gasteiger partial charge on any atom is -0.478 e. The van der Waals surface area contributed by atoms with Crippen LogP contribution in [-0.2, 0) is 0 Å². The van der Waals surface area contributed by atoms with E-state index in [4.69, 9.17) is 5.11 Å². The maximum atomic E-state index is 13.6. The summed E-state index contributed by atoms with van der Waals surface area (Å²) in [6.45, 7) is 0.614. The molecule has 3 N–H and O–H groups in total. The number of urea groups is 1. The van der Waals surface area contributed by atoms with Gasteiger partial charge in [0.1, 0.15) is 11.6 Å². The molecule has 6 nitrogen and oxygen atoms in total. The molecule has 0 unspecified atom stereocenters. The second-order valence-electron chi connectivity index (χ2n) is 4.77. The van der Waals surface area contributed by atoms with E-state index in [2.05, 4.69) is 5.32 Å². The largest absolute Gasteiger partial charge is 0.478 e. The van der Waals surface area contributed by atoms with Gasteiger partial charge in [0.15, 0.2) is 0 Å². The van der Waals surface area contributed by atoms with Crippen LogP contribution in [0, 0.1) is 11.6 Å². The Balaban J connectivity index is 2.13. The van der Waals surface area contributed by atoms with E-state index in [1.54, 1.807) is 0 Å². The molecule has 0 atom stereocenters. The van der Waals surface area contributed by atoms with Crippen molar-refractivity contribution in [1.29, 1.82) is 0 Å². The third-order valence-corrected chi connectivity index (χ3v) is 3.28. The summed E-state index contributed by atoms with van der Waals surface area (Å²) in [7, 11) is 0. The third-order valence-electron chi connectivity index (χ3n) is 3.28. The smallest absolute Gasteiger partial charge is 0.338 e. The van der Waals surface area contributed by atoms with Gasteiger partial charge in [-0.05, 0) is 18.9 Å². The van der Waals surface area contributed by atoms with Crippen LogP contribution in [0.3, 0.4) is 0 Å². The van der Waals surface area contributed by atoms with E-state index in [0.717, 1.165) is 6.07 Å². The number of rotatable bonds is 2. The van der Waals surface area contributed by atoms with Gasteiger partial charge in [-0.1, -0.05) is 0 Å². The lowest BCUT2D eigenvalue weighted by molar-refractivity contribution is 0.0691. The van der Waals surface area contributed by atoms with E-state index >= 15 is 0 Å². The van der Waals surface area contributed by atoms with Gasteiger partial charge in [0.25, 0.3) is 0 Å². The first kappa shape index (κ1) is 15.2. The number of benzene rings is 1. The van der Waals surface area contributed by atoms with Crippen molar-refractivity contribution in [3.8, 4) is 0 Å². The van der Waals surface area contributed by atoms with Crippen molar-refractivity contribution in [2.45, 2.75) is 18.9 Å². The Morgan fingerprint density at radius 1 is 1.19 bits per heavy atom. The van der Waals surface area contributed by atoms with Crippen LogP contribution in [0.15, 0.2) is 12.1 Å². The standard InChI is InChI=1S/C13H14F2N2O4/c14-9-6-10(15)11(5-8(9)12(19)20)16-13(21)17-3-1-7(18)2-4-17/h5-7,18H,1-4H2,(H,16,21)(H,19,20). The number of carbonyl (C=O) groups is 2. The topological polar surface area (TPSA) is 89.9 Å². The number of nitrogens with one attached hydrogen (secondary N) is 1. The molecule has 114 valence electrons. The quantitative estimate of drug-likeness (QED) is 0.774. The zero-order valence-corrected chi connectivity index (χ0v) is 11.0. The summed E-state index contributed by atoms with van der Waals surface area (Å²) in [6, 6.07) is 0.534. The fourth-order valence-electron chi connectivity index (χ4n) is 2.07. The monoisotopic (exact) mass is 300 g/mol. The number of likely N-dealkylation sites (tertiary alicyclic amines) is 1. The zero-order valence-electron chi connectivity index (χ0n) is 11.0. The Kier molecular flexibility index (Phi) is 4.37. The van der Waals surface area contributed by atoms with Gasteiger partial charge in [-0.15, -0.1) is 0 Å². The van der Waals surface area contributed by atoms with Crippen molar-refractivity contribution in [2.24, 2.45) is 0 Å². The van der Waals surface area contributed by atoms with Crippen LogP contribution in [0.25, 0.3) is 0 Å². The van der Waals surface area contributed by atoms with Crippen LogP contribution in [0.2, 0.25) is 0 Å². The normalized spacial score (nSPS) is 15.9. The van der Waals surface area contributed by atoms with E-state index in [1.807, 2.05) is 0 Å². The molecular formula is C13H14F2N2O4. The van der Waals surface area contributed by atoms with Crippen molar-refractivity contribution in [1.82, 2.24) is 4.90 Å². The number of aromatic carboxylic acids is 1. The Hall–Kier alpha value is -2.22. The van der Waals surface area contributed by atoms with Gasteiger partial charge >= 0.3 is 12.0 Å². The van der Waals surface area contributed by atoms with E-state index < -0.39 is 41.0 Å². The number of amides is 2. The minimum atomic E-state index is -1.55. The summed E-state index contributed by atoms with van der Waals surface area (Å²) in [6.07, 6.45) is 0.370. The molecule has 2 amide bonds. The number of carboxylic acids is 1. The van der Waals surface area contributed by atoms with Crippen LogP contribution < -0.4 is 5.32 Å². The van der Waals surface area contributed by atoms with Crippen LogP contribution in [0.5, 0.6) is 0 Å². The first-order valence-electron chi connectivity index (χ1n) is 6.35. The highest BCUT2D eigenvalue weighted by Crippen LogP contribution is 2.21. The predicted octanol–water partition coefficient (Wildman–Crippen LogP) is 1.65. The van der Waals surface area contributed by atoms with Gasteiger partial charge in [0.05, 0.1) is 17.4 Å². The summed E-state index contributed by atoms with van der Waals surface area (Å²) >= 11 is 0. The summed E-state index contributed by atoms with van der Waals surface area (Å²) in [5.74, 6) is -3.81. The number of halogens is 2. The average Bonchev–Trinajstić information content (AvgIpc) is 2.42. The Bertz CT molecular complexity index is 572. The fraction of sp³-hybridized carbons (Fsp3) is 0.385. The van der Waals surface area contributed by atoms with Crippen molar-refractivity contribution >= 4 is 17.7 Å². The summed E-state index contributed by atoms with van der Waals surface area (Å²) in [5, 5.41) is 20.3. The molecule has 0 bridgehead atoms. The molecule has 8 heteroatoms. The maximum Gasteiger partial charge on any atom is 0.338 e. The van der Waals surface area contributed by atoms with Gasteiger partial charge < -0.3 is 20.4 Å². The molecule has 1 aromatic carbocycles. The van der Waals surface area contributed by atoms with Crippen molar-refractivity contribution < 1.29 is 28.6 Å². The van der Waals surface area contributed by atoms with E-state index in [-0.39, 0.29) is 0 Å². The van der Waals surface area contributed by atoms with E-state index in [1.165, 1.54) is 4.90 Å². The molecule has 21 heavy (non-hydrogen) atoms. The predicted molar refractivity (Wildman–Crippen MR) is 69.1 cm³/mol. The molecule has 1 aliphatic rings. The highest BCUT2D eigenvalue weighted by molar-refractivity contribution is 5.93. The van der Waals surface area contributed by atoms with E-state index in [9.17, 15) is 23.5 Å². The molecular weight excluding hydrogens is 286 g/mol. The zero-order chi connectivity index (χ0) is 15.6. The minimum absolute atomic E-state index is 0.307. The Morgan fingerprint density at radius 3 is 2.38 bits per heavy atom. The molecule has 1 aromatic rings. The maximum absolute atomic E-state index is 13.6. The van der Waals surface area contributed by atoms with Crippen molar-refractivity contribution in [3.63, 3.8) is 0 Å². The highest BCUT2D eigenvalue weighted by atomic mass is 19.1. The van der Waals surface area contributed by atoms with Crippen LogP contribution in [0.1, 0.15) is 23.2 Å². The van der Waals surface area contributed by atoms with Crippen LogP contribution >= 0.6 is 0 Å². The molecule has 0 spiro atoms. The molecule has 2 rings (SSSR count). The summed E-state index contributed by atoms with van der Waals surface area (Å²) in [4.78, 5) is 24.1. The van der Waals surface area contributed by atoms with Crippen molar-refractivity contribution in [3.05, 3.63) is 29.3 Å². The van der Waals surface area contributed by atoms with Crippen LogP contribution in [0.4, 0.5) is 19.3 Å². The first-order chi connectivity index (χ1) is 9.88. The van der Waals surface area contributed by atoms with Gasteiger partial charge in [0, 0.05) is 19.2 Å². The molecule has 1 heterocycles. The lowest BCUT2D eigenvalue weighted by Gasteiger charge is -2.29. The van der Waals surface area contributed by atoms with Gasteiger partial charge in [-0.2, -0.15) is 0 Å². The Morgan fingerprint density at radius 2 is 1.81 bits per heavy atom. The van der Waals surface area contributed by atoms with Gasteiger partial charge in [-0.3, -0.25) is 0 Å². The number of aliphatic hydroxyl groups is 1. The molecule has 1 aliphatic heterocycles. The molecule has 1 fully saturated rings. The van der Waals surface area contributed by atoms with Crippen LogP contribution in [-0.4, -0.2) is 46.3 Å². The van der Waals surface area contributed by atoms with E-state index in [0.29, 0.717) is 32.0 Å². The van der Waals surface area contributed by atoms with Gasteiger partial charge in [-0.25, -0.2) is 18.4 Å². The number of hydrogen-bond acceptors (Lipinski definition) is 3. The average molecular weight is 300 g/mol. The Labute approximate surface area is 119 Å². The number of aliphatic hydroxyl groups excluding tert-OH is 1. The highest BCUT2D eigenvalue weighted by Gasteiger charge is 2.23. The lowest BCUT2D eigenvalue weighted by Crippen LogP contribution is -2.42. The fourth-order valence-corrected chi connectivity index (χ4v) is 2.07. The molecule has 0 saturated carbocycles. The second kappa shape index (κ2) is 6.04. The number of hydrogen-bond donors (Lipinski definition) is 3. The second-order valence-corrected chi connectivity index (χ2v) is 4.77. The SMILES string of the molecule is O=C(O)c1cc(NC(=O)N2CCC(O)CC2)c(F)cc1F. The number of anilines is 1. The lowest BCUT2D eigenvalue weighted by atomic mass is 10.1. The summed E-state index contributed by atoms with van der Waals surface area (Å²) < 4.78 is 26.8. The van der Waals surface area contributed by atoms with Gasteiger partial charge in [0.2, 0.25) is 0 Å². The number of carbonyl (C=O) groups excluding carboxylic acids is 1.